The van der Waals surface area contributed by atoms with E-state index in [1.54, 1.807) is 0 Å². The van der Waals surface area contributed by atoms with Crippen molar-refractivity contribution in [2.45, 2.75) is 45.2 Å². The molecule has 0 saturated carbocycles. The molecule has 7 nitrogen and oxygen atoms in total. The zero-order valence-corrected chi connectivity index (χ0v) is 17.4. The highest BCUT2D eigenvalue weighted by molar-refractivity contribution is 5.78. The standard InChI is InChI=1S/C22H29N5O2/c1-14-11-16(18-7-8-21(28)26(18)3)5-6-17(14)19-13-29-10-4-9-27(19)20-12-15(2)24-22(23)25-20/h5-6,11-12,18-19H,4,7-10,13H2,1-3H3,(H2,23,24,25). The maximum atomic E-state index is 11.9. The Kier molecular flexibility index (Phi) is 5.41. The fourth-order valence-electron chi connectivity index (χ4n) is 4.51. The van der Waals surface area contributed by atoms with Crippen molar-refractivity contribution in [3.63, 3.8) is 0 Å². The summed E-state index contributed by atoms with van der Waals surface area (Å²) in [5.74, 6) is 1.36. The quantitative estimate of drug-likeness (QED) is 0.860. The Morgan fingerprint density at radius 3 is 2.69 bits per heavy atom. The number of nitrogens with zero attached hydrogens (tertiary/aromatic N) is 4. The molecular formula is C22H29N5O2. The van der Waals surface area contributed by atoms with Crippen molar-refractivity contribution in [3.8, 4) is 0 Å². The lowest BCUT2D eigenvalue weighted by Gasteiger charge is -2.32. The summed E-state index contributed by atoms with van der Waals surface area (Å²) >= 11 is 0. The number of rotatable bonds is 3. The molecule has 2 atom stereocenters. The smallest absolute Gasteiger partial charge is 0.222 e. The minimum Gasteiger partial charge on any atom is -0.379 e. The summed E-state index contributed by atoms with van der Waals surface area (Å²) in [6.45, 7) is 6.26. The van der Waals surface area contributed by atoms with Crippen LogP contribution >= 0.6 is 0 Å². The Morgan fingerprint density at radius 2 is 2.00 bits per heavy atom. The summed E-state index contributed by atoms with van der Waals surface area (Å²) in [6.07, 6.45) is 2.44. The Balaban J connectivity index is 1.68. The zero-order chi connectivity index (χ0) is 20.5. The van der Waals surface area contributed by atoms with E-state index in [2.05, 4.69) is 40.0 Å². The third-order valence-corrected chi connectivity index (χ3v) is 6.02. The Bertz CT molecular complexity index is 896. The largest absolute Gasteiger partial charge is 0.379 e. The molecule has 0 spiro atoms. The van der Waals surface area contributed by atoms with E-state index in [0.717, 1.165) is 37.5 Å². The molecule has 2 fully saturated rings. The highest BCUT2D eigenvalue weighted by atomic mass is 16.5. The number of ether oxygens (including phenoxy) is 1. The van der Waals surface area contributed by atoms with Gasteiger partial charge in [0.05, 0.1) is 18.7 Å². The fourth-order valence-corrected chi connectivity index (χ4v) is 4.51. The van der Waals surface area contributed by atoms with Crippen LogP contribution in [0.25, 0.3) is 0 Å². The van der Waals surface area contributed by atoms with E-state index in [0.29, 0.717) is 19.0 Å². The first-order chi connectivity index (χ1) is 13.9. The van der Waals surface area contributed by atoms with Gasteiger partial charge in [0.2, 0.25) is 11.9 Å². The average molecular weight is 396 g/mol. The van der Waals surface area contributed by atoms with Gasteiger partial charge in [-0.05, 0) is 43.4 Å². The zero-order valence-electron chi connectivity index (χ0n) is 17.4. The van der Waals surface area contributed by atoms with Crippen LogP contribution in [0.5, 0.6) is 0 Å². The second-order valence-electron chi connectivity index (χ2n) is 8.04. The number of aryl methyl sites for hydroxylation is 2. The SMILES string of the molecule is Cc1cc(N2CCCOCC2c2ccc(C3CCC(=O)N3C)cc2C)nc(N)n1. The first kappa shape index (κ1) is 19.6. The second-order valence-corrected chi connectivity index (χ2v) is 8.04. The Labute approximate surface area is 171 Å². The summed E-state index contributed by atoms with van der Waals surface area (Å²) in [4.78, 5) is 24.8. The van der Waals surface area contributed by atoms with Crippen LogP contribution in [0.15, 0.2) is 24.3 Å². The van der Waals surface area contributed by atoms with Crippen LogP contribution < -0.4 is 10.6 Å². The highest BCUT2D eigenvalue weighted by Gasteiger charge is 2.30. The van der Waals surface area contributed by atoms with E-state index in [-0.39, 0.29) is 18.0 Å². The molecule has 1 aromatic heterocycles. The number of amides is 1. The maximum absolute atomic E-state index is 11.9. The number of anilines is 2. The number of carbonyl (C=O) groups is 1. The monoisotopic (exact) mass is 395 g/mol. The molecule has 1 amide bonds. The topological polar surface area (TPSA) is 84.6 Å². The van der Waals surface area contributed by atoms with E-state index in [1.807, 2.05) is 24.9 Å². The van der Waals surface area contributed by atoms with Crippen molar-refractivity contribution in [1.82, 2.24) is 14.9 Å². The van der Waals surface area contributed by atoms with Crippen LogP contribution in [-0.2, 0) is 9.53 Å². The van der Waals surface area contributed by atoms with Gasteiger partial charge in [-0.25, -0.2) is 4.98 Å². The molecule has 29 heavy (non-hydrogen) atoms. The third-order valence-electron chi connectivity index (χ3n) is 6.02. The average Bonchev–Trinajstić information content (AvgIpc) is 2.88. The predicted octanol–water partition coefficient (Wildman–Crippen LogP) is 2.94. The molecule has 0 aliphatic carbocycles. The van der Waals surface area contributed by atoms with E-state index in [9.17, 15) is 4.79 Å². The van der Waals surface area contributed by atoms with Gasteiger partial charge in [0.25, 0.3) is 0 Å². The van der Waals surface area contributed by atoms with Crippen LogP contribution in [0.1, 0.15) is 53.7 Å². The van der Waals surface area contributed by atoms with Gasteiger partial charge in [-0.2, -0.15) is 4.98 Å². The predicted molar refractivity (Wildman–Crippen MR) is 113 cm³/mol. The van der Waals surface area contributed by atoms with Crippen molar-refractivity contribution < 1.29 is 9.53 Å². The molecule has 1 aromatic carbocycles. The van der Waals surface area contributed by atoms with Crippen LogP contribution in [0.4, 0.5) is 11.8 Å². The lowest BCUT2D eigenvalue weighted by molar-refractivity contribution is -0.127. The first-order valence-corrected chi connectivity index (χ1v) is 10.3. The first-order valence-electron chi connectivity index (χ1n) is 10.3. The van der Waals surface area contributed by atoms with Gasteiger partial charge in [0.15, 0.2) is 0 Å². The molecule has 2 aliphatic heterocycles. The number of nitrogen functional groups attached to an aromatic ring is 1. The second kappa shape index (κ2) is 7.99. The molecule has 2 N–H and O–H groups in total. The molecule has 2 aromatic rings. The minimum absolute atomic E-state index is 0.0585. The molecule has 154 valence electrons. The van der Waals surface area contributed by atoms with E-state index < -0.39 is 0 Å². The van der Waals surface area contributed by atoms with Crippen LogP contribution in [0.2, 0.25) is 0 Å². The molecule has 0 radical (unpaired) electrons. The minimum atomic E-state index is 0.0585. The number of carbonyl (C=O) groups excluding carboxylic acids is 1. The Morgan fingerprint density at radius 1 is 1.17 bits per heavy atom. The highest BCUT2D eigenvalue weighted by Crippen LogP contribution is 2.35. The molecular weight excluding hydrogens is 366 g/mol. The molecule has 2 unspecified atom stereocenters. The van der Waals surface area contributed by atoms with Crippen molar-refractivity contribution in [2.75, 3.05) is 37.4 Å². The molecule has 7 heteroatoms. The van der Waals surface area contributed by atoms with E-state index in [4.69, 9.17) is 10.5 Å². The van der Waals surface area contributed by atoms with Gasteiger partial charge in [0.1, 0.15) is 5.82 Å². The van der Waals surface area contributed by atoms with Gasteiger partial charge in [-0.15, -0.1) is 0 Å². The van der Waals surface area contributed by atoms with Gasteiger partial charge >= 0.3 is 0 Å². The summed E-state index contributed by atoms with van der Waals surface area (Å²) < 4.78 is 5.92. The van der Waals surface area contributed by atoms with Crippen molar-refractivity contribution in [3.05, 3.63) is 46.6 Å². The number of benzene rings is 1. The summed E-state index contributed by atoms with van der Waals surface area (Å²) in [6, 6.07) is 8.77. The summed E-state index contributed by atoms with van der Waals surface area (Å²) in [5, 5.41) is 0. The maximum Gasteiger partial charge on any atom is 0.222 e. The normalized spacial score (nSPS) is 22.8. The van der Waals surface area contributed by atoms with E-state index >= 15 is 0 Å². The number of likely N-dealkylation sites (tertiary alicyclic amines) is 1. The fraction of sp³-hybridized carbons (Fsp3) is 0.500. The number of hydrogen-bond acceptors (Lipinski definition) is 6. The third kappa shape index (κ3) is 3.92. The van der Waals surface area contributed by atoms with E-state index in [1.165, 1.54) is 16.7 Å². The summed E-state index contributed by atoms with van der Waals surface area (Å²) in [7, 11) is 1.89. The molecule has 0 bridgehead atoms. The molecule has 2 aliphatic rings. The van der Waals surface area contributed by atoms with Gasteiger partial charge in [0, 0.05) is 38.4 Å². The van der Waals surface area contributed by atoms with Crippen molar-refractivity contribution >= 4 is 17.7 Å². The van der Waals surface area contributed by atoms with Crippen molar-refractivity contribution in [1.29, 1.82) is 0 Å². The molecule has 2 saturated heterocycles. The van der Waals surface area contributed by atoms with Crippen LogP contribution in [0, 0.1) is 13.8 Å². The number of aromatic nitrogens is 2. The van der Waals surface area contributed by atoms with Gasteiger partial charge < -0.3 is 20.3 Å². The summed E-state index contributed by atoms with van der Waals surface area (Å²) in [5.41, 5.74) is 10.4. The molecule has 4 rings (SSSR count). The lowest BCUT2D eigenvalue weighted by atomic mass is 9.94. The number of nitrogens with two attached hydrogens (primary N) is 1. The number of hydrogen-bond donors (Lipinski definition) is 1. The van der Waals surface area contributed by atoms with Crippen LogP contribution in [-0.4, -0.2) is 47.6 Å². The Hall–Kier alpha value is -2.67. The molecule has 3 heterocycles. The van der Waals surface area contributed by atoms with Gasteiger partial charge in [-0.1, -0.05) is 18.2 Å². The van der Waals surface area contributed by atoms with Crippen LogP contribution in [0.3, 0.4) is 0 Å². The lowest BCUT2D eigenvalue weighted by Crippen LogP contribution is -2.32. The van der Waals surface area contributed by atoms with Gasteiger partial charge in [-0.3, -0.25) is 4.79 Å². The van der Waals surface area contributed by atoms with Crippen molar-refractivity contribution in [2.24, 2.45) is 0 Å².